The molecule has 0 radical (unpaired) electrons. The topological polar surface area (TPSA) is 64.0 Å². The Bertz CT molecular complexity index is 1060. The molecule has 0 fully saturated rings. The van der Waals surface area contributed by atoms with Crippen LogP contribution in [0.25, 0.3) is 11.3 Å². The number of nitrogens with zero attached hydrogens (tertiary/aromatic N) is 2. The summed E-state index contributed by atoms with van der Waals surface area (Å²) in [6, 6.07) is 13.8. The molecule has 1 amide bonds. The molecular formula is C22H22FN3O2. The molecule has 5 nitrogen and oxygen atoms in total. The fourth-order valence-electron chi connectivity index (χ4n) is 3.03. The number of carbonyl (C=O) groups is 1. The van der Waals surface area contributed by atoms with E-state index in [0.29, 0.717) is 17.8 Å². The summed E-state index contributed by atoms with van der Waals surface area (Å²) in [6.45, 7) is 5.78. The summed E-state index contributed by atoms with van der Waals surface area (Å²) < 4.78 is 14.3. The second-order valence-electron chi connectivity index (χ2n) is 6.74. The highest BCUT2D eigenvalue weighted by atomic mass is 19.1. The van der Waals surface area contributed by atoms with Gasteiger partial charge in [0.1, 0.15) is 11.9 Å². The third-order valence-corrected chi connectivity index (χ3v) is 4.59. The van der Waals surface area contributed by atoms with Crippen LogP contribution in [0.1, 0.15) is 30.5 Å². The first kappa shape index (κ1) is 19.5. The zero-order chi connectivity index (χ0) is 20.3. The normalized spacial score (nSPS) is 11.9. The van der Waals surface area contributed by atoms with Crippen LogP contribution in [0.5, 0.6) is 0 Å². The van der Waals surface area contributed by atoms with Crippen LogP contribution in [0.4, 0.5) is 10.1 Å². The van der Waals surface area contributed by atoms with Crippen LogP contribution >= 0.6 is 0 Å². The van der Waals surface area contributed by atoms with Crippen molar-refractivity contribution in [2.75, 3.05) is 5.32 Å². The van der Waals surface area contributed by atoms with Crippen LogP contribution in [-0.4, -0.2) is 15.7 Å². The van der Waals surface area contributed by atoms with Gasteiger partial charge in [0.25, 0.3) is 5.56 Å². The van der Waals surface area contributed by atoms with E-state index in [-0.39, 0.29) is 17.3 Å². The van der Waals surface area contributed by atoms with Gasteiger partial charge >= 0.3 is 0 Å². The molecule has 0 saturated heterocycles. The molecule has 6 heteroatoms. The van der Waals surface area contributed by atoms with E-state index in [1.54, 1.807) is 6.07 Å². The summed E-state index contributed by atoms with van der Waals surface area (Å²) in [5.74, 6) is -0.758. The van der Waals surface area contributed by atoms with Gasteiger partial charge in [-0.25, -0.2) is 9.07 Å². The molecule has 2 aromatic carbocycles. The standard InChI is InChI=1S/C22H22FN3O2/c1-4-20(22(28)24-17-9-7-16(23)8-10-17)26-21(27)12-11-19(25-26)18-13-14(2)5-6-15(18)3/h5-13,20H,4H2,1-3H3,(H,24,28). The first-order valence-corrected chi connectivity index (χ1v) is 9.13. The van der Waals surface area contributed by atoms with Gasteiger partial charge in [0.05, 0.1) is 5.69 Å². The number of amides is 1. The van der Waals surface area contributed by atoms with Crippen molar-refractivity contribution in [3.8, 4) is 11.3 Å². The highest BCUT2D eigenvalue weighted by Crippen LogP contribution is 2.23. The van der Waals surface area contributed by atoms with Crippen LogP contribution in [0, 0.1) is 19.7 Å². The Hall–Kier alpha value is -3.28. The minimum absolute atomic E-state index is 0.352. The molecule has 0 aliphatic carbocycles. The van der Waals surface area contributed by atoms with E-state index in [1.807, 2.05) is 39.0 Å². The molecule has 144 valence electrons. The van der Waals surface area contributed by atoms with Gasteiger partial charge in [-0.05, 0) is 62.2 Å². The van der Waals surface area contributed by atoms with E-state index in [0.717, 1.165) is 16.7 Å². The molecule has 0 spiro atoms. The summed E-state index contributed by atoms with van der Waals surface area (Å²) in [4.78, 5) is 25.2. The number of anilines is 1. The van der Waals surface area contributed by atoms with Crippen LogP contribution in [0.2, 0.25) is 0 Å². The number of hydrogen-bond donors (Lipinski definition) is 1. The molecule has 3 aromatic rings. The third-order valence-electron chi connectivity index (χ3n) is 4.59. The van der Waals surface area contributed by atoms with E-state index in [1.165, 1.54) is 35.0 Å². The Balaban J connectivity index is 1.96. The maximum absolute atomic E-state index is 13.1. The fourth-order valence-corrected chi connectivity index (χ4v) is 3.03. The third kappa shape index (κ3) is 4.17. The van der Waals surface area contributed by atoms with Gasteiger partial charge in [-0.15, -0.1) is 0 Å². The van der Waals surface area contributed by atoms with Crippen molar-refractivity contribution in [3.63, 3.8) is 0 Å². The zero-order valence-electron chi connectivity index (χ0n) is 16.1. The highest BCUT2D eigenvalue weighted by molar-refractivity contribution is 5.93. The number of carbonyl (C=O) groups excluding carboxylic acids is 1. The Labute approximate surface area is 162 Å². The predicted molar refractivity (Wildman–Crippen MR) is 108 cm³/mol. The lowest BCUT2D eigenvalue weighted by Crippen LogP contribution is -2.34. The summed E-state index contributed by atoms with van der Waals surface area (Å²) in [7, 11) is 0. The molecule has 1 heterocycles. The average molecular weight is 379 g/mol. The maximum Gasteiger partial charge on any atom is 0.267 e. The van der Waals surface area contributed by atoms with Gasteiger partial charge in [0.15, 0.2) is 0 Å². The van der Waals surface area contributed by atoms with E-state index in [4.69, 9.17) is 0 Å². The number of hydrogen-bond acceptors (Lipinski definition) is 3. The Kier molecular flexibility index (Phi) is 5.68. The molecule has 1 unspecified atom stereocenters. The Morgan fingerprint density at radius 2 is 1.82 bits per heavy atom. The lowest BCUT2D eigenvalue weighted by Gasteiger charge is -2.18. The van der Waals surface area contributed by atoms with Crippen LogP contribution in [0.3, 0.4) is 0 Å². The van der Waals surface area contributed by atoms with Crippen molar-refractivity contribution in [2.45, 2.75) is 33.2 Å². The molecular weight excluding hydrogens is 357 g/mol. The van der Waals surface area contributed by atoms with Crippen molar-refractivity contribution in [1.82, 2.24) is 9.78 Å². The fraction of sp³-hybridized carbons (Fsp3) is 0.227. The molecule has 0 saturated carbocycles. The Morgan fingerprint density at radius 1 is 1.11 bits per heavy atom. The molecule has 0 bridgehead atoms. The number of halogens is 1. The molecule has 1 N–H and O–H groups in total. The van der Waals surface area contributed by atoms with Crippen molar-refractivity contribution >= 4 is 11.6 Å². The Morgan fingerprint density at radius 3 is 2.50 bits per heavy atom. The van der Waals surface area contributed by atoms with Crippen molar-refractivity contribution < 1.29 is 9.18 Å². The number of benzene rings is 2. The molecule has 0 aliphatic rings. The van der Waals surface area contributed by atoms with Crippen molar-refractivity contribution in [2.24, 2.45) is 0 Å². The van der Waals surface area contributed by atoms with Gasteiger partial charge in [-0.3, -0.25) is 9.59 Å². The minimum Gasteiger partial charge on any atom is -0.324 e. The zero-order valence-corrected chi connectivity index (χ0v) is 16.1. The molecule has 1 aromatic heterocycles. The van der Waals surface area contributed by atoms with Gasteiger partial charge < -0.3 is 5.32 Å². The smallest absolute Gasteiger partial charge is 0.267 e. The summed E-state index contributed by atoms with van der Waals surface area (Å²) in [5.41, 5.74) is 3.78. The summed E-state index contributed by atoms with van der Waals surface area (Å²) >= 11 is 0. The minimum atomic E-state index is -0.775. The predicted octanol–water partition coefficient (Wildman–Crippen LogP) is 4.26. The van der Waals surface area contributed by atoms with E-state index >= 15 is 0 Å². The van der Waals surface area contributed by atoms with Crippen LogP contribution in [-0.2, 0) is 4.79 Å². The van der Waals surface area contributed by atoms with E-state index < -0.39 is 6.04 Å². The number of aryl methyl sites for hydroxylation is 2. The van der Waals surface area contributed by atoms with Gasteiger partial charge in [0.2, 0.25) is 5.91 Å². The lowest BCUT2D eigenvalue weighted by molar-refractivity contribution is -0.119. The molecule has 28 heavy (non-hydrogen) atoms. The summed E-state index contributed by atoms with van der Waals surface area (Å²) in [5, 5.41) is 7.20. The number of nitrogens with one attached hydrogen (secondary N) is 1. The van der Waals surface area contributed by atoms with Crippen LogP contribution < -0.4 is 10.9 Å². The average Bonchev–Trinajstić information content (AvgIpc) is 2.67. The second kappa shape index (κ2) is 8.17. The van der Waals surface area contributed by atoms with Gasteiger partial charge in [0, 0.05) is 17.3 Å². The molecule has 1 atom stereocenters. The van der Waals surface area contributed by atoms with Gasteiger partial charge in [-0.2, -0.15) is 5.10 Å². The van der Waals surface area contributed by atoms with Crippen molar-refractivity contribution in [1.29, 1.82) is 0 Å². The van der Waals surface area contributed by atoms with E-state index in [9.17, 15) is 14.0 Å². The second-order valence-corrected chi connectivity index (χ2v) is 6.74. The first-order chi connectivity index (χ1) is 13.4. The maximum atomic E-state index is 13.1. The largest absolute Gasteiger partial charge is 0.324 e. The lowest BCUT2D eigenvalue weighted by atomic mass is 10.0. The monoisotopic (exact) mass is 379 g/mol. The van der Waals surface area contributed by atoms with Gasteiger partial charge in [-0.1, -0.05) is 24.6 Å². The highest BCUT2D eigenvalue weighted by Gasteiger charge is 2.22. The quantitative estimate of drug-likeness (QED) is 0.721. The molecule has 0 aliphatic heterocycles. The number of aromatic nitrogens is 2. The summed E-state index contributed by atoms with van der Waals surface area (Å²) in [6.07, 6.45) is 0.385. The van der Waals surface area contributed by atoms with Crippen molar-refractivity contribution in [3.05, 3.63) is 81.9 Å². The molecule has 3 rings (SSSR count). The van der Waals surface area contributed by atoms with Crippen LogP contribution in [0.15, 0.2) is 59.4 Å². The van der Waals surface area contributed by atoms with E-state index in [2.05, 4.69) is 10.4 Å². The SMILES string of the molecule is CCC(C(=O)Nc1ccc(F)cc1)n1nc(-c2cc(C)ccc2C)ccc1=O. The first-order valence-electron chi connectivity index (χ1n) is 9.13. The number of rotatable bonds is 5.